The van der Waals surface area contributed by atoms with Gasteiger partial charge in [-0.2, -0.15) is 13.2 Å². The largest absolute Gasteiger partial charge is 0.449 e. The number of carbonyl (C=O) groups is 2. The maximum Gasteiger partial charge on any atom is 0.416 e. The van der Waals surface area contributed by atoms with Gasteiger partial charge in [-0.05, 0) is 66.2 Å². The van der Waals surface area contributed by atoms with Gasteiger partial charge < -0.3 is 4.74 Å². The van der Waals surface area contributed by atoms with Crippen LogP contribution in [0.2, 0.25) is 0 Å². The van der Waals surface area contributed by atoms with Gasteiger partial charge in [0, 0.05) is 16.1 Å². The molecule has 0 radical (unpaired) electrons. The van der Waals surface area contributed by atoms with E-state index < -0.39 is 39.2 Å². The summed E-state index contributed by atoms with van der Waals surface area (Å²) in [7, 11) is 0. The van der Waals surface area contributed by atoms with E-state index in [1.807, 2.05) is 31.2 Å². The van der Waals surface area contributed by atoms with Crippen molar-refractivity contribution < 1.29 is 32.4 Å². The average Bonchev–Trinajstić information content (AvgIpc) is 3.08. The van der Waals surface area contributed by atoms with E-state index in [0.717, 1.165) is 33.9 Å². The molecule has 1 aliphatic rings. The maximum atomic E-state index is 13.0. The van der Waals surface area contributed by atoms with E-state index in [0.29, 0.717) is 16.6 Å². The van der Waals surface area contributed by atoms with Crippen molar-refractivity contribution in [3.8, 4) is 11.5 Å². The lowest BCUT2D eigenvalue weighted by atomic mass is 10.1. The zero-order chi connectivity index (χ0) is 26.9. The second kappa shape index (κ2) is 10.4. The molecule has 12 heteroatoms. The van der Waals surface area contributed by atoms with Crippen molar-refractivity contribution in [3.63, 3.8) is 0 Å². The predicted octanol–water partition coefficient (Wildman–Crippen LogP) is 7.71. The molecule has 3 aromatic rings. The predicted molar refractivity (Wildman–Crippen MR) is 135 cm³/mol. The fourth-order valence-corrected chi connectivity index (χ4v) is 4.71. The Labute approximate surface area is 221 Å². The van der Waals surface area contributed by atoms with Crippen LogP contribution in [0.1, 0.15) is 22.3 Å². The summed E-state index contributed by atoms with van der Waals surface area (Å²) in [6.07, 6.45) is -3.37. The normalized spacial score (nSPS) is 14.9. The van der Waals surface area contributed by atoms with Gasteiger partial charge in [0.15, 0.2) is 0 Å². The van der Waals surface area contributed by atoms with Crippen LogP contribution in [0, 0.1) is 17.0 Å². The highest BCUT2D eigenvalue weighted by molar-refractivity contribution is 9.10. The summed E-state index contributed by atoms with van der Waals surface area (Å²) in [4.78, 5) is 37.3. The van der Waals surface area contributed by atoms with Crippen molar-refractivity contribution in [2.24, 2.45) is 0 Å². The van der Waals surface area contributed by atoms with Crippen LogP contribution < -0.4 is 4.74 Å². The molecule has 1 fully saturated rings. The molecule has 0 N–H and O–H groups in total. The van der Waals surface area contributed by atoms with Gasteiger partial charge in [-0.3, -0.25) is 24.6 Å². The zero-order valence-electron chi connectivity index (χ0n) is 18.9. The van der Waals surface area contributed by atoms with E-state index in [2.05, 4.69) is 15.9 Å². The number of hydrogen-bond acceptors (Lipinski definition) is 6. The molecule has 2 amide bonds. The van der Waals surface area contributed by atoms with Gasteiger partial charge in [0.2, 0.25) is 5.75 Å². The summed E-state index contributed by atoms with van der Waals surface area (Å²) in [5.74, 6) is -0.899. The number of halogens is 4. The number of hydrogen-bond donors (Lipinski definition) is 0. The lowest BCUT2D eigenvalue weighted by Crippen LogP contribution is -2.27. The minimum absolute atomic E-state index is 0.0387. The third-order valence-corrected chi connectivity index (χ3v) is 6.83. The van der Waals surface area contributed by atoms with E-state index in [1.54, 1.807) is 12.1 Å². The molecule has 0 saturated carbocycles. The average molecular weight is 593 g/mol. The molecule has 4 rings (SSSR count). The fraction of sp³-hybridized carbons (Fsp3) is 0.120. The summed E-state index contributed by atoms with van der Waals surface area (Å²) in [6, 6.07) is 13.8. The first kappa shape index (κ1) is 26.4. The van der Waals surface area contributed by atoms with Crippen molar-refractivity contribution in [1.29, 1.82) is 0 Å². The molecule has 3 aromatic carbocycles. The van der Waals surface area contributed by atoms with Crippen molar-refractivity contribution in [2.75, 3.05) is 0 Å². The topological polar surface area (TPSA) is 89.8 Å². The van der Waals surface area contributed by atoms with E-state index in [9.17, 15) is 32.9 Å². The second-order valence-electron chi connectivity index (χ2n) is 7.92. The van der Waals surface area contributed by atoms with Crippen LogP contribution in [0.25, 0.3) is 6.08 Å². The van der Waals surface area contributed by atoms with Gasteiger partial charge in [-0.1, -0.05) is 40.2 Å². The third kappa shape index (κ3) is 5.86. The number of thioether (sulfide) groups is 1. The second-order valence-corrected chi connectivity index (χ2v) is 9.82. The Balaban J connectivity index is 1.67. The first-order chi connectivity index (χ1) is 17.4. The number of carbonyl (C=O) groups excluding carboxylic acids is 2. The molecule has 1 heterocycles. The number of nitrogens with zero attached hydrogens (tertiary/aromatic N) is 2. The first-order valence-electron chi connectivity index (χ1n) is 10.6. The maximum absolute atomic E-state index is 13.0. The molecule has 0 unspecified atom stereocenters. The molecule has 0 aliphatic carbocycles. The first-order valence-corrected chi connectivity index (χ1v) is 12.2. The Hall–Kier alpha value is -3.64. The molecule has 0 spiro atoms. The smallest absolute Gasteiger partial charge is 0.416 e. The molecule has 1 aliphatic heterocycles. The van der Waals surface area contributed by atoms with Crippen LogP contribution in [0.4, 0.5) is 23.7 Å². The minimum atomic E-state index is -4.77. The number of aryl methyl sites for hydroxylation is 1. The molecule has 1 saturated heterocycles. The van der Waals surface area contributed by atoms with E-state index in [4.69, 9.17) is 4.74 Å². The number of benzene rings is 3. The van der Waals surface area contributed by atoms with Gasteiger partial charge in [0.1, 0.15) is 5.75 Å². The van der Waals surface area contributed by atoms with Crippen molar-refractivity contribution >= 4 is 50.6 Å². The summed E-state index contributed by atoms with van der Waals surface area (Å²) in [6.45, 7) is 1.96. The monoisotopic (exact) mass is 592 g/mol. The molecule has 0 aromatic heterocycles. The van der Waals surface area contributed by atoms with E-state index >= 15 is 0 Å². The van der Waals surface area contributed by atoms with Crippen LogP contribution in [0.3, 0.4) is 0 Å². The number of imide groups is 1. The molecular weight excluding hydrogens is 577 g/mol. The minimum Gasteiger partial charge on any atom is -0.449 e. The summed E-state index contributed by atoms with van der Waals surface area (Å²) >= 11 is 4.03. The Morgan fingerprint density at radius 2 is 1.78 bits per heavy atom. The molecule has 0 bridgehead atoms. The standard InChI is InChI=1S/C25H16BrF3N2O5S/c1-14-4-2-3-5-15(14)13-30-23(32)22(37-24(30)33)11-16-10-18(26)7-9-20(16)36-21-8-6-17(25(27,28)29)12-19(21)31(34)35/h2-12H,13H2,1H3/b22-11-. The van der Waals surface area contributed by atoms with E-state index in [1.165, 1.54) is 12.1 Å². The quantitative estimate of drug-likeness (QED) is 0.165. The van der Waals surface area contributed by atoms with E-state index in [-0.39, 0.29) is 22.8 Å². The zero-order valence-corrected chi connectivity index (χ0v) is 21.3. The number of nitro groups is 1. The van der Waals surface area contributed by atoms with Gasteiger partial charge in [-0.25, -0.2) is 0 Å². The van der Waals surface area contributed by atoms with Crippen LogP contribution in [-0.2, 0) is 17.5 Å². The Kier molecular flexibility index (Phi) is 7.42. The summed E-state index contributed by atoms with van der Waals surface area (Å²) < 4.78 is 45.3. The molecular formula is C25H16BrF3N2O5S. The van der Waals surface area contributed by atoms with Crippen molar-refractivity contribution in [3.05, 3.63) is 102 Å². The Bertz CT molecular complexity index is 1460. The van der Waals surface area contributed by atoms with Crippen LogP contribution in [-0.4, -0.2) is 21.0 Å². The van der Waals surface area contributed by atoms with Gasteiger partial charge in [0.05, 0.1) is 21.9 Å². The molecule has 7 nitrogen and oxygen atoms in total. The summed E-state index contributed by atoms with van der Waals surface area (Å²) in [5.41, 5.74) is -0.0457. The van der Waals surface area contributed by atoms with Crippen molar-refractivity contribution in [2.45, 2.75) is 19.6 Å². The highest BCUT2D eigenvalue weighted by atomic mass is 79.9. The van der Waals surface area contributed by atoms with Gasteiger partial charge >= 0.3 is 11.9 Å². The van der Waals surface area contributed by atoms with Crippen molar-refractivity contribution in [1.82, 2.24) is 4.90 Å². The van der Waals surface area contributed by atoms with Gasteiger partial charge in [-0.15, -0.1) is 0 Å². The van der Waals surface area contributed by atoms with Crippen LogP contribution >= 0.6 is 27.7 Å². The van der Waals surface area contributed by atoms with Crippen LogP contribution in [0.15, 0.2) is 70.0 Å². The Morgan fingerprint density at radius 3 is 2.46 bits per heavy atom. The van der Waals surface area contributed by atoms with Crippen LogP contribution in [0.5, 0.6) is 11.5 Å². The lowest BCUT2D eigenvalue weighted by Gasteiger charge is -2.14. The number of nitro benzene ring substituents is 1. The Morgan fingerprint density at radius 1 is 1.08 bits per heavy atom. The number of amides is 2. The number of ether oxygens (including phenoxy) is 1. The third-order valence-electron chi connectivity index (χ3n) is 5.42. The highest BCUT2D eigenvalue weighted by Crippen LogP contribution is 2.40. The highest BCUT2D eigenvalue weighted by Gasteiger charge is 2.36. The molecule has 37 heavy (non-hydrogen) atoms. The fourth-order valence-electron chi connectivity index (χ4n) is 3.50. The number of rotatable bonds is 6. The molecule has 0 atom stereocenters. The lowest BCUT2D eigenvalue weighted by molar-refractivity contribution is -0.385. The SMILES string of the molecule is Cc1ccccc1CN1C(=O)S/C(=C\c2cc(Br)ccc2Oc2ccc(C(F)(F)F)cc2[N+](=O)[O-])C1=O. The van der Waals surface area contributed by atoms with Gasteiger partial charge in [0.25, 0.3) is 11.1 Å². The molecule has 190 valence electrons. The number of alkyl halides is 3. The summed E-state index contributed by atoms with van der Waals surface area (Å²) in [5, 5.41) is 11.0.